The molecule has 0 aliphatic carbocycles. The second-order valence-electron chi connectivity index (χ2n) is 7.97. The number of ether oxygens (including phenoxy) is 2. The number of carbonyl (C=O) groups is 2. The second kappa shape index (κ2) is 8.82. The van der Waals surface area contributed by atoms with Crippen molar-refractivity contribution < 1.29 is 24.2 Å². The van der Waals surface area contributed by atoms with Gasteiger partial charge >= 0.3 is 0 Å². The van der Waals surface area contributed by atoms with Gasteiger partial charge in [-0.15, -0.1) is 0 Å². The van der Waals surface area contributed by atoms with Crippen LogP contribution in [0.4, 0.5) is 0 Å². The molecule has 1 fully saturated rings. The number of aliphatic hydroxyl groups excluding tert-OH is 1. The first-order valence-corrected chi connectivity index (χ1v) is 9.20. The molecule has 0 unspecified atom stereocenters. The number of benzene rings is 1. The molecule has 7 heteroatoms. The zero-order valence-electron chi connectivity index (χ0n) is 16.5. The summed E-state index contributed by atoms with van der Waals surface area (Å²) in [6.07, 6.45) is -1.72. The summed E-state index contributed by atoms with van der Waals surface area (Å²) < 4.78 is 11.4. The second-order valence-corrected chi connectivity index (χ2v) is 7.97. The predicted molar refractivity (Wildman–Crippen MR) is 101 cm³/mol. The molecule has 1 aliphatic rings. The van der Waals surface area contributed by atoms with Gasteiger partial charge in [0.25, 0.3) is 0 Å². The van der Waals surface area contributed by atoms with E-state index >= 15 is 0 Å². The van der Waals surface area contributed by atoms with Crippen molar-refractivity contribution in [2.45, 2.75) is 58.7 Å². The largest absolute Gasteiger partial charge is 0.383 e. The van der Waals surface area contributed by atoms with Crippen molar-refractivity contribution in [3.63, 3.8) is 0 Å². The lowest BCUT2D eigenvalue weighted by Gasteiger charge is -2.44. The lowest BCUT2D eigenvalue weighted by atomic mass is 9.85. The molecule has 150 valence electrons. The summed E-state index contributed by atoms with van der Waals surface area (Å²) in [6.45, 7) is 8.27. The van der Waals surface area contributed by atoms with E-state index in [9.17, 15) is 14.7 Å². The van der Waals surface area contributed by atoms with Gasteiger partial charge in [-0.25, -0.2) is 0 Å². The molecule has 3 N–H and O–H groups in total. The topological polar surface area (TPSA) is 96.9 Å². The van der Waals surface area contributed by atoms with Crippen molar-refractivity contribution in [1.82, 2.24) is 10.6 Å². The van der Waals surface area contributed by atoms with Crippen molar-refractivity contribution in [1.29, 1.82) is 0 Å². The van der Waals surface area contributed by atoms with Gasteiger partial charge in [0.1, 0.15) is 12.2 Å². The standard InChI is InChI=1S/C20H30N2O5/c1-19(2)13-26-20(3,4)27-16(19)18(25)21-11-10-15(23)17(24)22-12-14-8-6-5-7-9-14/h5-9,15-16,23H,10-13H2,1-4H3,(H,21,25)(H,22,24)/t15-,16-/m0/s1. The van der Waals surface area contributed by atoms with Gasteiger partial charge in [-0.3, -0.25) is 9.59 Å². The minimum Gasteiger partial charge on any atom is -0.383 e. The molecule has 0 radical (unpaired) electrons. The third-order valence-electron chi connectivity index (χ3n) is 4.47. The molecule has 1 aromatic carbocycles. The van der Waals surface area contributed by atoms with Crippen molar-refractivity contribution in [2.24, 2.45) is 5.41 Å². The number of rotatable bonds is 7. The van der Waals surface area contributed by atoms with Crippen LogP contribution in [0.25, 0.3) is 0 Å². The van der Waals surface area contributed by atoms with Crippen molar-refractivity contribution in [3.05, 3.63) is 35.9 Å². The van der Waals surface area contributed by atoms with Gasteiger partial charge < -0.3 is 25.2 Å². The molecule has 0 saturated carbocycles. The van der Waals surface area contributed by atoms with Crippen LogP contribution in [0.1, 0.15) is 39.7 Å². The van der Waals surface area contributed by atoms with Crippen LogP contribution in [0.3, 0.4) is 0 Å². The summed E-state index contributed by atoms with van der Waals surface area (Å²) in [5.41, 5.74) is 0.485. The molecule has 1 aliphatic heterocycles. The number of hydrogen-bond acceptors (Lipinski definition) is 5. The first-order chi connectivity index (χ1) is 12.6. The Hall–Kier alpha value is -1.96. The molecule has 0 aromatic heterocycles. The summed E-state index contributed by atoms with van der Waals surface area (Å²) in [6, 6.07) is 9.45. The Labute approximate surface area is 160 Å². The Morgan fingerprint density at radius 2 is 1.85 bits per heavy atom. The van der Waals surface area contributed by atoms with E-state index in [1.807, 2.05) is 44.2 Å². The lowest BCUT2D eigenvalue weighted by Crippen LogP contribution is -2.56. The maximum atomic E-state index is 12.5. The number of amides is 2. The van der Waals surface area contributed by atoms with Gasteiger partial charge in [-0.1, -0.05) is 44.2 Å². The minimum absolute atomic E-state index is 0.124. The summed E-state index contributed by atoms with van der Waals surface area (Å²) in [5.74, 6) is -1.56. The average Bonchev–Trinajstić information content (AvgIpc) is 2.62. The van der Waals surface area contributed by atoms with Crippen molar-refractivity contribution in [2.75, 3.05) is 13.2 Å². The molecule has 1 heterocycles. The molecule has 7 nitrogen and oxygen atoms in total. The van der Waals surface area contributed by atoms with E-state index in [1.165, 1.54) is 0 Å². The van der Waals surface area contributed by atoms with Crippen LogP contribution in [0.5, 0.6) is 0 Å². The molecule has 2 rings (SSSR count). The van der Waals surface area contributed by atoms with Crippen LogP contribution in [0.2, 0.25) is 0 Å². The van der Waals surface area contributed by atoms with E-state index < -0.39 is 29.3 Å². The molecule has 1 saturated heterocycles. The summed E-state index contributed by atoms with van der Waals surface area (Å²) in [4.78, 5) is 24.5. The van der Waals surface area contributed by atoms with Crippen LogP contribution in [-0.4, -0.2) is 48.1 Å². The Kier molecular flexibility index (Phi) is 6.97. The third-order valence-corrected chi connectivity index (χ3v) is 4.47. The first kappa shape index (κ1) is 21.3. The predicted octanol–water partition coefficient (Wildman–Crippen LogP) is 1.35. The zero-order valence-corrected chi connectivity index (χ0v) is 16.5. The average molecular weight is 378 g/mol. The van der Waals surface area contributed by atoms with E-state index in [1.54, 1.807) is 13.8 Å². The smallest absolute Gasteiger partial charge is 0.249 e. The Balaban J connectivity index is 1.75. The molecular weight excluding hydrogens is 348 g/mol. The number of carbonyl (C=O) groups excluding carboxylic acids is 2. The van der Waals surface area contributed by atoms with Crippen LogP contribution in [0, 0.1) is 5.41 Å². The van der Waals surface area contributed by atoms with Gasteiger partial charge in [0.2, 0.25) is 11.8 Å². The molecule has 0 spiro atoms. The Morgan fingerprint density at radius 3 is 2.52 bits per heavy atom. The summed E-state index contributed by atoms with van der Waals surface area (Å²) in [7, 11) is 0. The van der Waals surface area contributed by atoms with E-state index in [-0.39, 0.29) is 18.9 Å². The SMILES string of the molecule is CC1(C)OCC(C)(C)[C@H](C(=O)NCC[C@H](O)C(=O)NCc2ccccc2)O1. The minimum atomic E-state index is -1.19. The summed E-state index contributed by atoms with van der Waals surface area (Å²) >= 11 is 0. The molecule has 27 heavy (non-hydrogen) atoms. The van der Waals surface area contributed by atoms with Crippen molar-refractivity contribution >= 4 is 11.8 Å². The van der Waals surface area contributed by atoms with Crippen LogP contribution in [-0.2, 0) is 25.6 Å². The number of aliphatic hydroxyl groups is 1. The van der Waals surface area contributed by atoms with Gasteiger partial charge in [-0.2, -0.15) is 0 Å². The van der Waals surface area contributed by atoms with E-state index in [2.05, 4.69) is 10.6 Å². The van der Waals surface area contributed by atoms with Gasteiger partial charge in [0, 0.05) is 18.5 Å². The maximum absolute atomic E-state index is 12.5. The van der Waals surface area contributed by atoms with Crippen LogP contribution in [0.15, 0.2) is 30.3 Å². The van der Waals surface area contributed by atoms with E-state index in [0.29, 0.717) is 13.2 Å². The molecule has 0 bridgehead atoms. The third kappa shape index (κ3) is 6.30. The molecule has 1 aromatic rings. The fraction of sp³-hybridized carbons (Fsp3) is 0.600. The highest BCUT2D eigenvalue weighted by Crippen LogP contribution is 2.34. The fourth-order valence-corrected chi connectivity index (χ4v) is 2.78. The van der Waals surface area contributed by atoms with Gasteiger partial charge in [0.05, 0.1) is 6.61 Å². The highest BCUT2D eigenvalue weighted by Gasteiger charge is 2.45. The normalized spacial score (nSPS) is 21.9. The van der Waals surface area contributed by atoms with E-state index in [0.717, 1.165) is 5.56 Å². The Bertz CT molecular complexity index is 645. The van der Waals surface area contributed by atoms with Gasteiger partial charge in [-0.05, 0) is 25.8 Å². The van der Waals surface area contributed by atoms with Gasteiger partial charge in [0.15, 0.2) is 5.79 Å². The Morgan fingerprint density at radius 1 is 1.19 bits per heavy atom. The highest BCUT2D eigenvalue weighted by molar-refractivity contribution is 5.82. The first-order valence-electron chi connectivity index (χ1n) is 9.20. The lowest BCUT2D eigenvalue weighted by molar-refractivity contribution is -0.304. The highest BCUT2D eigenvalue weighted by atomic mass is 16.7. The van der Waals surface area contributed by atoms with Crippen molar-refractivity contribution in [3.8, 4) is 0 Å². The monoisotopic (exact) mass is 378 g/mol. The number of hydrogen-bond donors (Lipinski definition) is 3. The molecule has 2 atom stereocenters. The summed E-state index contributed by atoms with van der Waals surface area (Å²) in [5, 5.41) is 15.4. The van der Waals surface area contributed by atoms with Crippen LogP contribution < -0.4 is 10.6 Å². The van der Waals surface area contributed by atoms with E-state index in [4.69, 9.17) is 9.47 Å². The molecular formula is C20H30N2O5. The maximum Gasteiger partial charge on any atom is 0.249 e. The van der Waals surface area contributed by atoms with Crippen LogP contribution >= 0.6 is 0 Å². The molecule has 2 amide bonds. The number of nitrogens with one attached hydrogen (secondary N) is 2. The fourth-order valence-electron chi connectivity index (χ4n) is 2.78. The zero-order chi connectivity index (χ0) is 20.1. The quantitative estimate of drug-likeness (QED) is 0.665.